The molecule has 14 heteroatoms. The zero-order valence-electron chi connectivity index (χ0n) is 15.2. The van der Waals surface area contributed by atoms with Crippen LogP contribution in [0.2, 0.25) is 0 Å². The van der Waals surface area contributed by atoms with Crippen molar-refractivity contribution in [3.8, 4) is 5.75 Å². The van der Waals surface area contributed by atoms with Crippen LogP contribution in [0.15, 0.2) is 29.4 Å². The third-order valence-electron chi connectivity index (χ3n) is 4.37. The van der Waals surface area contributed by atoms with Crippen LogP contribution in [-0.4, -0.2) is 85.0 Å². The number of aliphatic hydroxyl groups is 4. The maximum Gasteiger partial charge on any atom is 0.284 e. The van der Waals surface area contributed by atoms with E-state index in [2.05, 4.69) is 14.4 Å². The van der Waals surface area contributed by atoms with E-state index in [0.717, 1.165) is 0 Å². The van der Waals surface area contributed by atoms with Crippen LogP contribution in [0.5, 0.6) is 5.75 Å². The summed E-state index contributed by atoms with van der Waals surface area (Å²) in [5.74, 6) is 0.00783. The number of aromatic amines is 1. The number of nitrogens with one attached hydrogen (secondary N) is 1. The average Bonchev–Trinajstić information content (AvgIpc) is 3.10. The highest BCUT2D eigenvalue weighted by Gasteiger charge is 2.44. The zero-order chi connectivity index (χ0) is 22.1. The summed E-state index contributed by atoms with van der Waals surface area (Å²) in [4.78, 5) is 2.98. The van der Waals surface area contributed by atoms with Gasteiger partial charge in [-0.1, -0.05) is 23.0 Å². The summed E-state index contributed by atoms with van der Waals surface area (Å²) >= 11 is 0.633. The topological polar surface area (TPSA) is 205 Å². The quantitative estimate of drug-likeness (QED) is 0.0980. The Hall–Kier alpha value is -1.91. The second kappa shape index (κ2) is 9.07. The standard InChI is InChI=1S/C16H20N2O10S2/c19-6-11-13(21)14(22)15(23)16(27-11)29-12(18-28-30(24,25)26)5-7-4-8-9(17-7)2-1-3-10(8)20/h1-4,11,13-17,19-23H,5-6H2,(H,24,25,26)/p-1. The minimum Gasteiger partial charge on any atom is -0.714 e. The van der Waals surface area contributed by atoms with Gasteiger partial charge in [0.05, 0.1) is 6.61 Å². The number of H-pyrrole nitrogens is 1. The molecule has 0 spiro atoms. The summed E-state index contributed by atoms with van der Waals surface area (Å²) in [6.45, 7) is -0.652. The number of rotatable bonds is 6. The molecule has 2 heterocycles. The molecule has 0 amide bonds. The van der Waals surface area contributed by atoms with E-state index in [1.54, 1.807) is 18.2 Å². The molecule has 0 radical (unpaired) electrons. The SMILES string of the molecule is O=S(=O)([O-])ON=C(Cc1cc2c(O)cccc2[nH]1)SC1OC(CO)C(O)C(O)C1O. The predicted octanol–water partition coefficient (Wildman–Crippen LogP) is -1.26. The normalized spacial score (nSPS) is 28.0. The zero-order valence-corrected chi connectivity index (χ0v) is 16.8. The van der Waals surface area contributed by atoms with E-state index >= 15 is 0 Å². The molecule has 3 rings (SSSR count). The van der Waals surface area contributed by atoms with Crippen LogP contribution in [0.25, 0.3) is 10.9 Å². The number of thioether (sulfide) groups is 1. The van der Waals surface area contributed by atoms with Crippen molar-refractivity contribution >= 4 is 38.1 Å². The molecule has 6 N–H and O–H groups in total. The molecule has 166 valence electrons. The lowest BCUT2D eigenvalue weighted by Gasteiger charge is -2.39. The van der Waals surface area contributed by atoms with Crippen molar-refractivity contribution in [2.24, 2.45) is 5.16 Å². The van der Waals surface area contributed by atoms with Crippen LogP contribution in [0.1, 0.15) is 5.69 Å². The molecule has 1 aliphatic rings. The smallest absolute Gasteiger partial charge is 0.284 e. The summed E-state index contributed by atoms with van der Waals surface area (Å²) in [6, 6.07) is 6.35. The van der Waals surface area contributed by atoms with Gasteiger partial charge in [0.25, 0.3) is 10.4 Å². The van der Waals surface area contributed by atoms with Gasteiger partial charge in [0.1, 0.15) is 40.6 Å². The summed E-state index contributed by atoms with van der Waals surface area (Å²) in [5, 5.41) is 52.8. The van der Waals surface area contributed by atoms with E-state index < -0.39 is 46.9 Å². The number of ether oxygens (including phenoxy) is 1. The number of phenols is 1. The Labute approximate surface area is 174 Å². The van der Waals surface area contributed by atoms with E-state index in [-0.39, 0.29) is 17.2 Å². The molecular weight excluding hydrogens is 444 g/mol. The summed E-state index contributed by atoms with van der Waals surface area (Å²) < 4.78 is 41.7. The molecule has 1 aromatic carbocycles. The number of benzene rings is 1. The van der Waals surface area contributed by atoms with Crippen LogP contribution in [0, 0.1) is 0 Å². The van der Waals surface area contributed by atoms with E-state index in [0.29, 0.717) is 28.4 Å². The van der Waals surface area contributed by atoms with Gasteiger partial charge in [0.2, 0.25) is 0 Å². The first-order valence-electron chi connectivity index (χ1n) is 8.57. The molecule has 0 saturated carbocycles. The third-order valence-corrected chi connectivity index (χ3v) is 5.74. The van der Waals surface area contributed by atoms with Crippen LogP contribution >= 0.6 is 11.8 Å². The average molecular weight is 463 g/mol. The lowest BCUT2D eigenvalue weighted by Crippen LogP contribution is -2.57. The maximum absolute atomic E-state index is 10.8. The monoisotopic (exact) mass is 463 g/mol. The number of oxime groups is 1. The molecule has 12 nitrogen and oxygen atoms in total. The van der Waals surface area contributed by atoms with Gasteiger partial charge >= 0.3 is 0 Å². The Kier molecular flexibility index (Phi) is 6.88. The van der Waals surface area contributed by atoms with Crippen molar-refractivity contribution in [3.05, 3.63) is 30.0 Å². The maximum atomic E-state index is 10.8. The van der Waals surface area contributed by atoms with Crippen molar-refractivity contribution in [1.29, 1.82) is 0 Å². The summed E-state index contributed by atoms with van der Waals surface area (Å²) in [7, 11) is -5.17. The fraction of sp³-hybridized carbons (Fsp3) is 0.438. The number of aliphatic hydroxyl groups excluding tert-OH is 4. The Morgan fingerprint density at radius 2 is 2.00 bits per heavy atom. The van der Waals surface area contributed by atoms with Crippen LogP contribution in [0.3, 0.4) is 0 Å². The summed E-state index contributed by atoms with van der Waals surface area (Å²) in [5.41, 5.74) is -0.233. The second-order valence-corrected chi connectivity index (χ2v) is 8.63. The Morgan fingerprint density at radius 3 is 2.63 bits per heavy atom. The van der Waals surface area contributed by atoms with Crippen molar-refractivity contribution in [2.75, 3.05) is 6.61 Å². The number of phenolic OH excluding ortho intramolecular Hbond substituents is 1. The fourth-order valence-corrected chi connectivity index (χ4v) is 4.25. The Morgan fingerprint density at radius 1 is 1.27 bits per heavy atom. The van der Waals surface area contributed by atoms with Gasteiger partial charge in [-0.2, -0.15) is 8.42 Å². The van der Waals surface area contributed by atoms with Gasteiger partial charge < -0.3 is 39.8 Å². The molecule has 1 aromatic heterocycles. The Bertz CT molecular complexity index is 1020. The number of fused-ring (bicyclic) bond motifs is 1. The molecule has 30 heavy (non-hydrogen) atoms. The van der Waals surface area contributed by atoms with Crippen LogP contribution in [-0.2, 0) is 25.8 Å². The highest BCUT2D eigenvalue weighted by molar-refractivity contribution is 8.14. The van der Waals surface area contributed by atoms with E-state index in [4.69, 9.17) is 4.74 Å². The lowest BCUT2D eigenvalue weighted by molar-refractivity contribution is -0.205. The molecular formula is C16H19N2O10S2-. The first-order chi connectivity index (χ1) is 14.1. The molecule has 5 unspecified atom stereocenters. The van der Waals surface area contributed by atoms with Gasteiger partial charge in [-0.05, 0) is 18.2 Å². The third kappa shape index (κ3) is 5.22. The first kappa shape index (κ1) is 22.8. The molecule has 0 bridgehead atoms. The fourth-order valence-electron chi connectivity index (χ4n) is 2.94. The van der Waals surface area contributed by atoms with Crippen molar-refractivity contribution in [3.63, 3.8) is 0 Å². The minimum atomic E-state index is -5.17. The van der Waals surface area contributed by atoms with Gasteiger partial charge in [0, 0.05) is 23.0 Å². The molecule has 1 aliphatic heterocycles. The number of hydrogen-bond acceptors (Lipinski definition) is 12. The predicted molar refractivity (Wildman–Crippen MR) is 103 cm³/mol. The molecule has 5 atom stereocenters. The van der Waals surface area contributed by atoms with E-state index in [1.165, 1.54) is 6.07 Å². The minimum absolute atomic E-state index is 0.00783. The molecule has 1 saturated heterocycles. The van der Waals surface area contributed by atoms with Crippen LogP contribution < -0.4 is 0 Å². The van der Waals surface area contributed by atoms with Gasteiger partial charge in [-0.3, -0.25) is 4.28 Å². The lowest BCUT2D eigenvalue weighted by atomic mass is 10.0. The van der Waals surface area contributed by atoms with Gasteiger partial charge in [-0.15, -0.1) is 0 Å². The highest BCUT2D eigenvalue weighted by atomic mass is 32.3. The largest absolute Gasteiger partial charge is 0.714 e. The Balaban J connectivity index is 1.86. The van der Waals surface area contributed by atoms with Crippen molar-refractivity contribution in [2.45, 2.75) is 36.3 Å². The van der Waals surface area contributed by atoms with E-state index in [1.807, 2.05) is 0 Å². The highest BCUT2D eigenvalue weighted by Crippen LogP contribution is 2.31. The van der Waals surface area contributed by atoms with Gasteiger partial charge in [0.15, 0.2) is 0 Å². The number of hydrogen-bond donors (Lipinski definition) is 6. The van der Waals surface area contributed by atoms with E-state index in [9.17, 15) is 38.5 Å². The van der Waals surface area contributed by atoms with Crippen LogP contribution in [0.4, 0.5) is 0 Å². The van der Waals surface area contributed by atoms with Crippen molar-refractivity contribution in [1.82, 2.24) is 4.98 Å². The molecule has 2 aromatic rings. The number of nitrogens with zero attached hydrogens (tertiary/aromatic N) is 1. The molecule has 1 fully saturated rings. The first-order valence-corrected chi connectivity index (χ1v) is 10.8. The van der Waals surface area contributed by atoms with Crippen molar-refractivity contribution < 1.29 is 47.5 Å². The van der Waals surface area contributed by atoms with Gasteiger partial charge in [-0.25, -0.2) is 0 Å². The number of aromatic hydroxyl groups is 1. The molecule has 0 aliphatic carbocycles. The second-order valence-electron chi connectivity index (χ2n) is 6.49. The number of aromatic nitrogens is 1. The summed E-state index contributed by atoms with van der Waals surface area (Å²) in [6.07, 6.45) is -6.14.